The van der Waals surface area contributed by atoms with Crippen molar-refractivity contribution in [3.63, 3.8) is 0 Å². The Balaban J connectivity index is 1.52. The summed E-state index contributed by atoms with van der Waals surface area (Å²) < 4.78 is 6.27. The van der Waals surface area contributed by atoms with Crippen molar-refractivity contribution in [3.8, 4) is 11.1 Å². The second-order valence-corrected chi connectivity index (χ2v) is 9.68. The molecule has 6 nitrogen and oxygen atoms in total. The highest BCUT2D eigenvalue weighted by atomic mass is 16.5. The molecule has 37 heavy (non-hydrogen) atoms. The minimum atomic E-state index is -0.953. The number of amides is 1. The van der Waals surface area contributed by atoms with Gasteiger partial charge in [0.25, 0.3) is 0 Å². The maximum atomic E-state index is 12.1. The zero-order chi connectivity index (χ0) is 26.4. The molecule has 0 radical (unpaired) electrons. The predicted octanol–water partition coefficient (Wildman–Crippen LogP) is 5.46. The van der Waals surface area contributed by atoms with Gasteiger partial charge in [-0.1, -0.05) is 80.6 Å². The monoisotopic (exact) mass is 500 g/mol. The van der Waals surface area contributed by atoms with E-state index >= 15 is 0 Å². The average Bonchev–Trinajstić information content (AvgIpc) is 2.91. The fraction of sp³-hybridized carbons (Fsp3) is 0.355. The van der Waals surface area contributed by atoms with Crippen LogP contribution in [0.1, 0.15) is 45.6 Å². The summed E-state index contributed by atoms with van der Waals surface area (Å²) in [5.74, 6) is -1.12. The molecular weight excluding hydrogens is 464 g/mol. The summed E-state index contributed by atoms with van der Waals surface area (Å²) in [6, 6.07) is 22.5. The number of nitrogens with one attached hydrogen (secondary N) is 2. The van der Waals surface area contributed by atoms with Crippen molar-refractivity contribution in [2.75, 3.05) is 0 Å². The quantitative estimate of drug-likeness (QED) is 0.344. The first-order valence-corrected chi connectivity index (χ1v) is 13.1. The maximum absolute atomic E-state index is 12.1. The largest absolute Gasteiger partial charge is 0.478 e. The van der Waals surface area contributed by atoms with E-state index < -0.39 is 12.1 Å². The molecule has 0 heterocycles. The Bertz CT molecular complexity index is 1260. The number of aliphatic carboxylic acids is 1. The van der Waals surface area contributed by atoms with Gasteiger partial charge in [0.1, 0.15) is 0 Å². The van der Waals surface area contributed by atoms with Crippen LogP contribution in [0.25, 0.3) is 21.9 Å². The predicted molar refractivity (Wildman–Crippen MR) is 147 cm³/mol. The minimum Gasteiger partial charge on any atom is -0.478 e. The second kappa shape index (κ2) is 12.2. The molecule has 0 saturated heterocycles. The first kappa shape index (κ1) is 26.6. The van der Waals surface area contributed by atoms with Crippen molar-refractivity contribution < 1.29 is 19.4 Å². The number of carboxylic acids is 1. The Hall–Kier alpha value is -3.48. The molecular formula is C31H36N2O4. The lowest BCUT2D eigenvalue weighted by molar-refractivity contribution is -0.133. The molecule has 0 fully saturated rings. The van der Waals surface area contributed by atoms with Crippen LogP contribution in [0.15, 0.2) is 78.4 Å². The van der Waals surface area contributed by atoms with Crippen LogP contribution in [0.3, 0.4) is 0 Å². The number of carbonyl (C=O) groups is 2. The molecule has 1 amide bonds. The molecule has 0 saturated carbocycles. The van der Waals surface area contributed by atoms with Crippen molar-refractivity contribution in [2.45, 2.75) is 70.9 Å². The summed E-state index contributed by atoms with van der Waals surface area (Å²) in [6.07, 6.45) is 3.08. The van der Waals surface area contributed by atoms with Gasteiger partial charge in [-0.15, -0.1) is 0 Å². The van der Waals surface area contributed by atoms with Crippen LogP contribution in [0.5, 0.6) is 0 Å². The van der Waals surface area contributed by atoms with Gasteiger partial charge in [0.2, 0.25) is 5.91 Å². The Morgan fingerprint density at radius 3 is 2.38 bits per heavy atom. The highest BCUT2D eigenvalue weighted by molar-refractivity contribution is 5.96. The molecule has 1 aliphatic rings. The summed E-state index contributed by atoms with van der Waals surface area (Å²) in [4.78, 5) is 24.0. The lowest BCUT2D eigenvalue weighted by Crippen LogP contribution is -2.58. The van der Waals surface area contributed by atoms with E-state index in [9.17, 15) is 14.7 Å². The van der Waals surface area contributed by atoms with E-state index in [1.54, 1.807) is 6.08 Å². The number of carbonyl (C=O) groups excluding carboxylic acids is 1. The summed E-state index contributed by atoms with van der Waals surface area (Å²) in [6.45, 7) is 6.11. The van der Waals surface area contributed by atoms with E-state index in [1.165, 1.54) is 23.3 Å². The highest BCUT2D eigenvalue weighted by Gasteiger charge is 2.37. The van der Waals surface area contributed by atoms with Gasteiger partial charge in [0.05, 0.1) is 18.2 Å². The Kier molecular flexibility index (Phi) is 8.74. The normalized spacial score (nSPS) is 19.6. The number of benzene rings is 3. The van der Waals surface area contributed by atoms with Gasteiger partial charge in [0.15, 0.2) is 0 Å². The van der Waals surface area contributed by atoms with Crippen LogP contribution in [-0.4, -0.2) is 41.3 Å². The molecule has 3 N–H and O–H groups in total. The zero-order valence-corrected chi connectivity index (χ0v) is 21.7. The van der Waals surface area contributed by atoms with Gasteiger partial charge < -0.3 is 20.5 Å². The molecule has 0 aromatic heterocycles. The van der Waals surface area contributed by atoms with E-state index in [4.69, 9.17) is 4.74 Å². The van der Waals surface area contributed by atoms with E-state index in [1.807, 2.05) is 19.9 Å². The number of carboxylic acid groups (broad SMARTS) is 1. The molecule has 0 bridgehead atoms. The van der Waals surface area contributed by atoms with Gasteiger partial charge in [-0.2, -0.15) is 0 Å². The first-order valence-electron chi connectivity index (χ1n) is 13.1. The number of ether oxygens (including phenoxy) is 1. The van der Waals surface area contributed by atoms with Gasteiger partial charge in [0, 0.05) is 25.1 Å². The van der Waals surface area contributed by atoms with Crippen molar-refractivity contribution in [1.82, 2.24) is 10.6 Å². The Labute approximate surface area is 218 Å². The first-order chi connectivity index (χ1) is 17.9. The molecule has 0 aliphatic heterocycles. The second-order valence-electron chi connectivity index (χ2n) is 9.68. The topological polar surface area (TPSA) is 87.7 Å². The maximum Gasteiger partial charge on any atom is 0.331 e. The summed E-state index contributed by atoms with van der Waals surface area (Å²) in [5.41, 5.74) is 3.72. The van der Waals surface area contributed by atoms with Gasteiger partial charge in [-0.3, -0.25) is 4.79 Å². The standard InChI is InChI=1S/C31H36N2O4/c1-4-25(5-2)37-29-18-24(31(35)36)17-28(30(29)33-20(3)34)32-19-21-13-15-23(16-14-21)27-12-8-10-22-9-6-7-11-26(22)27/h6-16,18,25,28-30,32H,4-5,17,19H2,1-3H3,(H,33,34)(H,35,36)/t28-,29+,30+/m0/s1. The van der Waals surface area contributed by atoms with Crippen molar-refractivity contribution >= 4 is 22.6 Å². The lowest BCUT2D eigenvalue weighted by Gasteiger charge is -2.38. The van der Waals surface area contributed by atoms with Crippen molar-refractivity contribution in [2.24, 2.45) is 0 Å². The van der Waals surface area contributed by atoms with E-state index in [2.05, 4.69) is 71.3 Å². The molecule has 0 unspecified atom stereocenters. The average molecular weight is 501 g/mol. The fourth-order valence-corrected chi connectivity index (χ4v) is 5.09. The van der Waals surface area contributed by atoms with Crippen molar-refractivity contribution in [1.29, 1.82) is 0 Å². The Morgan fingerprint density at radius 1 is 1.00 bits per heavy atom. The van der Waals surface area contributed by atoms with Gasteiger partial charge in [-0.25, -0.2) is 4.79 Å². The molecule has 6 heteroatoms. The summed E-state index contributed by atoms with van der Waals surface area (Å²) in [7, 11) is 0. The van der Waals surface area contributed by atoms with Crippen LogP contribution in [0.2, 0.25) is 0 Å². The van der Waals surface area contributed by atoms with Gasteiger partial charge >= 0.3 is 5.97 Å². The van der Waals surface area contributed by atoms with Crippen LogP contribution in [-0.2, 0) is 20.9 Å². The third-order valence-corrected chi connectivity index (χ3v) is 7.12. The molecule has 194 valence electrons. The molecule has 3 atom stereocenters. The van der Waals surface area contributed by atoms with E-state index in [0.29, 0.717) is 18.5 Å². The van der Waals surface area contributed by atoms with Crippen LogP contribution in [0.4, 0.5) is 0 Å². The SMILES string of the molecule is CCC(CC)O[C@@H]1C=C(C(=O)O)C[C@H](NCc2ccc(-c3cccc4ccccc34)cc2)[C@H]1NC(C)=O. The minimum absolute atomic E-state index is 0.00656. The fourth-order valence-electron chi connectivity index (χ4n) is 5.09. The summed E-state index contributed by atoms with van der Waals surface area (Å²) >= 11 is 0. The van der Waals surface area contributed by atoms with E-state index in [-0.39, 0.29) is 24.1 Å². The van der Waals surface area contributed by atoms with Crippen LogP contribution in [0, 0.1) is 0 Å². The molecule has 3 aromatic rings. The third kappa shape index (κ3) is 6.45. The highest BCUT2D eigenvalue weighted by Crippen LogP contribution is 2.29. The number of hydrogen-bond donors (Lipinski definition) is 3. The molecule has 4 rings (SSSR count). The van der Waals surface area contributed by atoms with Crippen LogP contribution >= 0.6 is 0 Å². The zero-order valence-electron chi connectivity index (χ0n) is 21.7. The number of fused-ring (bicyclic) bond motifs is 1. The molecule has 3 aromatic carbocycles. The lowest BCUT2D eigenvalue weighted by atomic mass is 9.87. The molecule has 0 spiro atoms. The van der Waals surface area contributed by atoms with Gasteiger partial charge in [-0.05, 0) is 52.8 Å². The van der Waals surface area contributed by atoms with E-state index in [0.717, 1.165) is 24.0 Å². The molecule has 1 aliphatic carbocycles. The van der Waals surface area contributed by atoms with Crippen LogP contribution < -0.4 is 10.6 Å². The third-order valence-electron chi connectivity index (χ3n) is 7.12. The summed E-state index contributed by atoms with van der Waals surface area (Å²) in [5, 5.41) is 18.7. The smallest absolute Gasteiger partial charge is 0.331 e. The van der Waals surface area contributed by atoms with Crippen molar-refractivity contribution in [3.05, 3.63) is 83.9 Å². The Morgan fingerprint density at radius 2 is 1.70 bits per heavy atom. The number of rotatable bonds is 10. The number of hydrogen-bond acceptors (Lipinski definition) is 4.